The van der Waals surface area contributed by atoms with Gasteiger partial charge in [-0.2, -0.15) is 0 Å². The second kappa shape index (κ2) is 10.2. The van der Waals surface area contributed by atoms with Crippen molar-refractivity contribution in [3.05, 3.63) is 24.0 Å². The lowest BCUT2D eigenvalue weighted by atomic mass is 10.1. The molecule has 0 unspecified atom stereocenters. The Hall–Kier alpha value is -1.58. The second-order valence-corrected chi connectivity index (χ2v) is 5.21. The first kappa shape index (κ1) is 16.5. The molecule has 0 spiro atoms. The van der Waals surface area contributed by atoms with Gasteiger partial charge in [-0.15, -0.1) is 0 Å². The fourth-order valence-electron chi connectivity index (χ4n) is 2.09. The molecule has 0 aliphatic rings. The Morgan fingerprint density at radius 3 is 2.35 bits per heavy atom. The van der Waals surface area contributed by atoms with Gasteiger partial charge in [0.2, 0.25) is 0 Å². The Bertz CT molecular complexity index is 376. The van der Waals surface area contributed by atoms with E-state index in [0.29, 0.717) is 11.4 Å². The predicted octanol–water partition coefficient (Wildman–Crippen LogP) is 3.53. The number of carbonyl (C=O) groups is 1. The Kier molecular flexibility index (Phi) is 8.43. The normalized spacial score (nSPS) is 10.4. The van der Waals surface area contributed by atoms with E-state index in [1.807, 2.05) is 0 Å². The van der Waals surface area contributed by atoms with Crippen molar-refractivity contribution in [2.75, 3.05) is 12.3 Å². The molecule has 1 rings (SSSR count). The molecule has 1 amide bonds. The number of aromatic nitrogens is 1. The van der Waals surface area contributed by atoms with Crippen LogP contribution in [0, 0.1) is 0 Å². The number of hydrogen-bond acceptors (Lipinski definition) is 3. The topological polar surface area (TPSA) is 68.0 Å². The largest absolute Gasteiger partial charge is 0.397 e. The number of nitrogens with zero attached hydrogens (tertiary/aromatic N) is 1. The van der Waals surface area contributed by atoms with Crippen LogP contribution in [0.2, 0.25) is 0 Å². The Labute approximate surface area is 122 Å². The summed E-state index contributed by atoms with van der Waals surface area (Å²) in [5.41, 5.74) is 6.53. The van der Waals surface area contributed by atoms with Crippen molar-refractivity contribution < 1.29 is 4.79 Å². The van der Waals surface area contributed by atoms with E-state index in [0.717, 1.165) is 13.0 Å². The van der Waals surface area contributed by atoms with Gasteiger partial charge in [-0.05, 0) is 18.6 Å². The van der Waals surface area contributed by atoms with Crippen LogP contribution in [-0.4, -0.2) is 17.4 Å². The van der Waals surface area contributed by atoms with Gasteiger partial charge in [0, 0.05) is 6.54 Å². The summed E-state index contributed by atoms with van der Waals surface area (Å²) >= 11 is 0. The number of nitrogen functional groups attached to an aromatic ring is 1. The Morgan fingerprint density at radius 2 is 1.75 bits per heavy atom. The smallest absolute Gasteiger partial charge is 0.269 e. The quantitative estimate of drug-likeness (QED) is 0.643. The number of hydrogen-bond donors (Lipinski definition) is 2. The summed E-state index contributed by atoms with van der Waals surface area (Å²) in [7, 11) is 0. The molecule has 0 atom stereocenters. The van der Waals surface area contributed by atoms with Gasteiger partial charge in [-0.1, -0.05) is 51.9 Å². The van der Waals surface area contributed by atoms with Crippen LogP contribution in [0.4, 0.5) is 5.69 Å². The minimum atomic E-state index is -0.118. The molecule has 0 fully saturated rings. The summed E-state index contributed by atoms with van der Waals surface area (Å²) in [6.07, 6.45) is 11.6. The van der Waals surface area contributed by atoms with E-state index in [-0.39, 0.29) is 5.91 Å². The third-order valence-electron chi connectivity index (χ3n) is 3.33. The molecule has 0 saturated carbocycles. The zero-order valence-electron chi connectivity index (χ0n) is 12.5. The first-order valence-corrected chi connectivity index (χ1v) is 7.73. The van der Waals surface area contributed by atoms with E-state index >= 15 is 0 Å². The van der Waals surface area contributed by atoms with Crippen LogP contribution >= 0.6 is 0 Å². The maximum absolute atomic E-state index is 11.7. The molecule has 0 aromatic carbocycles. The van der Waals surface area contributed by atoms with Crippen molar-refractivity contribution in [2.24, 2.45) is 0 Å². The average molecular weight is 277 g/mol. The van der Waals surface area contributed by atoms with Crippen LogP contribution < -0.4 is 11.1 Å². The predicted molar refractivity (Wildman–Crippen MR) is 83.6 cm³/mol. The standard InChI is InChI=1S/C16H27N3O/c1-2-3-4-5-6-7-8-9-12-18-16(20)15-11-10-14(17)13-19-15/h10-11,13H,2-9,12,17H2,1H3,(H,18,20). The molecule has 0 saturated heterocycles. The molecule has 0 aliphatic heterocycles. The number of nitrogens with two attached hydrogens (primary N) is 1. The van der Waals surface area contributed by atoms with Crippen molar-refractivity contribution >= 4 is 11.6 Å². The summed E-state index contributed by atoms with van der Waals surface area (Å²) in [5.74, 6) is -0.118. The second-order valence-electron chi connectivity index (χ2n) is 5.21. The lowest BCUT2D eigenvalue weighted by molar-refractivity contribution is 0.0948. The number of anilines is 1. The molecular formula is C16H27N3O. The number of rotatable bonds is 10. The van der Waals surface area contributed by atoms with Crippen LogP contribution in [0.3, 0.4) is 0 Å². The number of carbonyl (C=O) groups excluding carboxylic acids is 1. The highest BCUT2D eigenvalue weighted by molar-refractivity contribution is 5.92. The van der Waals surface area contributed by atoms with Gasteiger partial charge in [0.1, 0.15) is 5.69 Å². The molecule has 1 heterocycles. The van der Waals surface area contributed by atoms with Crippen molar-refractivity contribution in [1.82, 2.24) is 10.3 Å². The number of amides is 1. The molecule has 1 aromatic heterocycles. The molecule has 0 bridgehead atoms. The van der Waals surface area contributed by atoms with Crippen molar-refractivity contribution in [2.45, 2.75) is 58.3 Å². The molecule has 4 nitrogen and oxygen atoms in total. The molecule has 0 aliphatic carbocycles. The van der Waals surface area contributed by atoms with E-state index in [1.54, 1.807) is 12.1 Å². The zero-order chi connectivity index (χ0) is 14.6. The highest BCUT2D eigenvalue weighted by Gasteiger charge is 2.05. The minimum Gasteiger partial charge on any atom is -0.397 e. The summed E-state index contributed by atoms with van der Waals surface area (Å²) < 4.78 is 0. The van der Waals surface area contributed by atoms with Gasteiger partial charge in [0.05, 0.1) is 11.9 Å². The number of unbranched alkanes of at least 4 members (excludes halogenated alkanes) is 7. The summed E-state index contributed by atoms with van der Waals surface area (Å²) in [6.45, 7) is 2.96. The maximum atomic E-state index is 11.7. The number of pyridine rings is 1. The van der Waals surface area contributed by atoms with Crippen LogP contribution in [0.15, 0.2) is 18.3 Å². The summed E-state index contributed by atoms with van der Waals surface area (Å²) in [5, 5.41) is 2.89. The van der Waals surface area contributed by atoms with E-state index in [1.165, 1.54) is 51.1 Å². The van der Waals surface area contributed by atoms with Crippen molar-refractivity contribution in [3.8, 4) is 0 Å². The fourth-order valence-corrected chi connectivity index (χ4v) is 2.09. The van der Waals surface area contributed by atoms with Crippen molar-refractivity contribution in [3.63, 3.8) is 0 Å². The van der Waals surface area contributed by atoms with E-state index in [2.05, 4.69) is 17.2 Å². The molecule has 0 radical (unpaired) electrons. The first-order chi connectivity index (χ1) is 9.74. The van der Waals surface area contributed by atoms with E-state index in [9.17, 15) is 4.79 Å². The van der Waals surface area contributed by atoms with Crippen molar-refractivity contribution in [1.29, 1.82) is 0 Å². The molecule has 1 aromatic rings. The fraction of sp³-hybridized carbons (Fsp3) is 0.625. The molecule has 4 heteroatoms. The highest BCUT2D eigenvalue weighted by Crippen LogP contribution is 2.08. The SMILES string of the molecule is CCCCCCCCCCNC(=O)c1ccc(N)cn1. The van der Waals surface area contributed by atoms with Crippen LogP contribution in [-0.2, 0) is 0 Å². The molecular weight excluding hydrogens is 250 g/mol. The first-order valence-electron chi connectivity index (χ1n) is 7.73. The monoisotopic (exact) mass is 277 g/mol. The average Bonchev–Trinajstić information content (AvgIpc) is 2.46. The van der Waals surface area contributed by atoms with Gasteiger partial charge < -0.3 is 11.1 Å². The van der Waals surface area contributed by atoms with E-state index in [4.69, 9.17) is 5.73 Å². The van der Waals surface area contributed by atoms with Gasteiger partial charge in [0.25, 0.3) is 5.91 Å². The highest BCUT2D eigenvalue weighted by atomic mass is 16.1. The summed E-state index contributed by atoms with van der Waals surface area (Å²) in [4.78, 5) is 15.7. The lowest BCUT2D eigenvalue weighted by Gasteiger charge is -2.05. The van der Waals surface area contributed by atoms with Gasteiger partial charge in [-0.3, -0.25) is 4.79 Å². The Morgan fingerprint density at radius 1 is 1.10 bits per heavy atom. The number of nitrogens with one attached hydrogen (secondary N) is 1. The van der Waals surface area contributed by atoms with Gasteiger partial charge in [-0.25, -0.2) is 4.98 Å². The third-order valence-corrected chi connectivity index (χ3v) is 3.33. The summed E-state index contributed by atoms with van der Waals surface area (Å²) in [6, 6.07) is 3.34. The zero-order valence-corrected chi connectivity index (χ0v) is 12.5. The van der Waals surface area contributed by atoms with Crippen LogP contribution in [0.25, 0.3) is 0 Å². The van der Waals surface area contributed by atoms with Gasteiger partial charge in [0.15, 0.2) is 0 Å². The van der Waals surface area contributed by atoms with E-state index < -0.39 is 0 Å². The molecule has 20 heavy (non-hydrogen) atoms. The maximum Gasteiger partial charge on any atom is 0.269 e. The molecule has 3 N–H and O–H groups in total. The molecule has 112 valence electrons. The van der Waals surface area contributed by atoms with Crippen LogP contribution in [0.5, 0.6) is 0 Å². The van der Waals surface area contributed by atoms with Gasteiger partial charge >= 0.3 is 0 Å². The minimum absolute atomic E-state index is 0.118. The third kappa shape index (κ3) is 7.12. The Balaban J connectivity index is 2.01. The lowest BCUT2D eigenvalue weighted by Crippen LogP contribution is -2.25. The van der Waals surface area contributed by atoms with Crippen LogP contribution in [0.1, 0.15) is 68.8 Å².